The molecule has 1 saturated heterocycles. The minimum atomic E-state index is -1.47. The maximum Gasteiger partial charge on any atom is 0.303 e. The average molecular weight is 1050 g/mol. The Kier molecular flexibility index (Phi) is 23.2. The molecule has 6 atom stereocenters. The van der Waals surface area contributed by atoms with Crippen LogP contribution in [-0.4, -0.2) is 139 Å². The molecule has 0 radical (unpaired) electrons. The van der Waals surface area contributed by atoms with Crippen molar-refractivity contribution in [1.29, 1.82) is 5.26 Å². The van der Waals surface area contributed by atoms with Gasteiger partial charge in [-0.25, -0.2) is 9.35 Å². The molecule has 0 aliphatic carbocycles. The molecule has 0 spiro atoms. The van der Waals surface area contributed by atoms with Crippen LogP contribution in [0.25, 0.3) is 0 Å². The van der Waals surface area contributed by atoms with Gasteiger partial charge >= 0.3 is 23.9 Å². The van der Waals surface area contributed by atoms with Crippen molar-refractivity contribution >= 4 is 32.4 Å². The summed E-state index contributed by atoms with van der Waals surface area (Å²) in [5.74, 6) is -1.46. The zero-order valence-electron chi connectivity index (χ0n) is 44.0. The van der Waals surface area contributed by atoms with Crippen LogP contribution >= 0.6 is 8.53 Å². The van der Waals surface area contributed by atoms with Crippen LogP contribution in [0.4, 0.5) is 0 Å². The number of hydrogen-bond donors (Lipinski definition) is 0. The first-order valence-corrected chi connectivity index (χ1v) is 25.8. The Morgan fingerprint density at radius 1 is 0.716 bits per heavy atom. The first-order valence-electron chi connectivity index (χ1n) is 24.6. The number of carbonyl (C=O) groups excluding carboxylic acids is 4. The van der Waals surface area contributed by atoms with Gasteiger partial charge in [-0.1, -0.05) is 59.8 Å². The van der Waals surface area contributed by atoms with Crippen molar-refractivity contribution < 1.29 is 66.1 Å². The Morgan fingerprint density at radius 2 is 1.24 bits per heavy atom. The van der Waals surface area contributed by atoms with Gasteiger partial charge in [0.15, 0.2) is 24.5 Å². The highest BCUT2D eigenvalue weighted by Gasteiger charge is 2.53. The third-order valence-corrected chi connectivity index (χ3v) is 13.9. The van der Waals surface area contributed by atoms with Crippen molar-refractivity contribution in [2.24, 2.45) is 0 Å². The van der Waals surface area contributed by atoms with Crippen molar-refractivity contribution in [3.63, 3.8) is 0 Å². The van der Waals surface area contributed by atoms with Gasteiger partial charge in [0.05, 0.1) is 51.8 Å². The van der Waals surface area contributed by atoms with E-state index in [2.05, 4.69) is 53.6 Å². The van der Waals surface area contributed by atoms with Gasteiger partial charge in [0.1, 0.15) is 29.8 Å². The van der Waals surface area contributed by atoms with Crippen molar-refractivity contribution in [2.45, 2.75) is 130 Å². The smallest absolute Gasteiger partial charge is 0.303 e. The summed E-state index contributed by atoms with van der Waals surface area (Å²) in [6.07, 6.45) is -3.54. The molecule has 0 saturated carbocycles. The topological polar surface area (TPSA) is 222 Å². The molecular weight excluding hydrogens is 976 g/mol. The number of benzene rings is 3. The van der Waals surface area contributed by atoms with Gasteiger partial charge < -0.3 is 46.9 Å². The number of nitrogens with zero attached hydrogens (tertiary/aromatic N) is 6. The number of hydrogen-bond acceptors (Lipinski definition) is 19. The highest BCUT2D eigenvalue weighted by Crippen LogP contribution is 2.46. The molecule has 2 heterocycles. The molecule has 21 heteroatoms. The van der Waals surface area contributed by atoms with Gasteiger partial charge in [0, 0.05) is 66.0 Å². The fraction of sp³-hybridized carbons (Fsp3) is 0.528. The summed E-state index contributed by atoms with van der Waals surface area (Å²) in [4.78, 5) is 51.7. The van der Waals surface area contributed by atoms with Gasteiger partial charge in [-0.05, 0) is 81.5 Å². The summed E-state index contributed by atoms with van der Waals surface area (Å²) < 4.78 is 63.0. The molecule has 0 bridgehead atoms. The number of esters is 4. The molecule has 4 aromatic rings. The van der Waals surface area contributed by atoms with Crippen LogP contribution in [-0.2, 0) is 68.8 Å². The second-order valence-corrected chi connectivity index (χ2v) is 19.4. The molecule has 3 aromatic carbocycles. The Balaban J connectivity index is 1.47. The monoisotopic (exact) mass is 1050 g/mol. The van der Waals surface area contributed by atoms with Crippen LogP contribution in [0.15, 0.2) is 85.1 Å². The molecule has 1 aromatic heterocycles. The second-order valence-electron chi connectivity index (χ2n) is 18.0. The molecular formula is C53H71N6O14P. The van der Waals surface area contributed by atoms with E-state index in [0.717, 1.165) is 30.5 Å². The van der Waals surface area contributed by atoms with E-state index >= 15 is 0 Å². The molecule has 1 aliphatic rings. The summed E-state index contributed by atoms with van der Waals surface area (Å²) in [5.41, 5.74) is 2.18. The highest BCUT2D eigenvalue weighted by molar-refractivity contribution is 7.44. The van der Waals surface area contributed by atoms with Gasteiger partial charge in [0.25, 0.3) is 8.53 Å². The lowest BCUT2D eigenvalue weighted by atomic mass is 9.80. The number of ether oxygens (including phenoxy) is 8. The fourth-order valence-corrected chi connectivity index (χ4v) is 10.4. The van der Waals surface area contributed by atoms with E-state index in [1.54, 1.807) is 20.4 Å². The third kappa shape index (κ3) is 16.5. The zero-order chi connectivity index (χ0) is 53.8. The van der Waals surface area contributed by atoms with Crippen LogP contribution in [0, 0.1) is 11.3 Å². The zero-order valence-corrected chi connectivity index (χ0v) is 44.9. The standard InChI is InChI=1S/C53H71N6O14P/c1-36(2)59(37(3)4)74(68-31-14-27-54)69-32-16-29-57(28-15-30-67-53(42-17-12-11-13-18-42,43-19-23-46(64-9)24-20-43)44-21-25-47(65-10)26-22-44)33-45-34-58(56-55-45)52-51(72-41(8)63)50(71-40(7)62)49(70-39(6)61)48(73-52)35-66-38(5)60/h11-13,17-26,34,36-37,48-52H,14-16,28-33,35H2,1-10H3/t48-,49+,50+,51-,52-,74?/m0/s1. The number of aromatic nitrogens is 3. The van der Waals surface area contributed by atoms with Gasteiger partial charge in [-0.3, -0.25) is 24.1 Å². The van der Waals surface area contributed by atoms with E-state index in [9.17, 15) is 24.4 Å². The predicted octanol–water partition coefficient (Wildman–Crippen LogP) is 7.43. The number of nitriles is 1. The molecule has 1 aliphatic heterocycles. The Bertz CT molecular complexity index is 2360. The van der Waals surface area contributed by atoms with Gasteiger partial charge in [-0.15, -0.1) is 5.10 Å². The lowest BCUT2D eigenvalue weighted by molar-refractivity contribution is -0.270. The second kappa shape index (κ2) is 29.2. The van der Waals surface area contributed by atoms with Crippen molar-refractivity contribution in [1.82, 2.24) is 24.6 Å². The van der Waals surface area contributed by atoms with Crippen LogP contribution < -0.4 is 9.47 Å². The quantitative estimate of drug-likeness (QED) is 0.0169. The van der Waals surface area contributed by atoms with Gasteiger partial charge in [0.2, 0.25) is 0 Å². The molecule has 1 unspecified atom stereocenters. The van der Waals surface area contributed by atoms with Crippen LogP contribution in [0.5, 0.6) is 11.5 Å². The highest BCUT2D eigenvalue weighted by atomic mass is 31.2. The predicted molar refractivity (Wildman–Crippen MR) is 271 cm³/mol. The van der Waals surface area contributed by atoms with E-state index in [4.69, 9.17) is 46.9 Å². The molecule has 20 nitrogen and oxygen atoms in total. The number of carbonyl (C=O) groups is 4. The van der Waals surface area contributed by atoms with E-state index in [-0.39, 0.29) is 31.7 Å². The van der Waals surface area contributed by atoms with Crippen molar-refractivity contribution in [2.75, 3.05) is 53.7 Å². The average Bonchev–Trinajstić information content (AvgIpc) is 3.83. The molecule has 1 fully saturated rings. The molecule has 74 heavy (non-hydrogen) atoms. The molecule has 0 amide bonds. The van der Waals surface area contributed by atoms with Gasteiger partial charge in [-0.2, -0.15) is 5.26 Å². The fourth-order valence-electron chi connectivity index (χ4n) is 8.76. The molecule has 0 N–H and O–H groups in total. The van der Waals surface area contributed by atoms with Crippen LogP contribution in [0.1, 0.15) is 103 Å². The molecule has 5 rings (SSSR count). The summed E-state index contributed by atoms with van der Waals surface area (Å²) in [5, 5.41) is 18.2. The molecule has 402 valence electrons. The largest absolute Gasteiger partial charge is 0.497 e. The van der Waals surface area contributed by atoms with E-state index < -0.39 is 75.3 Å². The van der Waals surface area contributed by atoms with E-state index in [1.165, 1.54) is 18.5 Å². The van der Waals surface area contributed by atoms with Crippen molar-refractivity contribution in [3.05, 3.63) is 107 Å². The number of methoxy groups -OCH3 is 2. The summed E-state index contributed by atoms with van der Waals surface area (Å²) in [7, 11) is 1.79. The third-order valence-electron chi connectivity index (χ3n) is 11.8. The summed E-state index contributed by atoms with van der Waals surface area (Å²) in [6.45, 7) is 14.9. The van der Waals surface area contributed by atoms with Crippen LogP contribution in [0.3, 0.4) is 0 Å². The Hall–Kier alpha value is -6.04. The van der Waals surface area contributed by atoms with Crippen molar-refractivity contribution in [3.8, 4) is 17.6 Å². The lowest BCUT2D eigenvalue weighted by Gasteiger charge is -2.44. The maximum atomic E-state index is 12.6. The summed E-state index contributed by atoms with van der Waals surface area (Å²) in [6, 6.07) is 28.2. The Labute approximate surface area is 435 Å². The first-order chi connectivity index (χ1) is 35.5. The normalized spacial score (nSPS) is 18.2. The van der Waals surface area contributed by atoms with E-state index in [0.29, 0.717) is 56.3 Å². The summed E-state index contributed by atoms with van der Waals surface area (Å²) >= 11 is 0. The SMILES string of the molecule is COc1ccc(C(OCCCN(CCCOP(OCCC#N)N(C(C)C)C(C)C)Cc2cn([C@H]3O[C@@H](COC(C)=O)[C@@H](OC(C)=O)[C@@H](OC(C)=O)[C@@H]3OC(C)=O)nn2)(c2ccccc2)c2ccc(OC)cc2)cc1. The lowest BCUT2D eigenvalue weighted by Crippen LogP contribution is -2.60. The minimum absolute atomic E-state index is 0.128. The van der Waals surface area contributed by atoms with E-state index in [1.807, 2.05) is 78.9 Å². The van der Waals surface area contributed by atoms with Crippen LogP contribution in [0.2, 0.25) is 0 Å². The Morgan fingerprint density at radius 3 is 1.77 bits per heavy atom. The first kappa shape index (κ1) is 58.8. The minimum Gasteiger partial charge on any atom is -0.497 e. The maximum absolute atomic E-state index is 12.6. The number of rotatable bonds is 29.